The molecule has 0 aromatic heterocycles. The average Bonchev–Trinajstić information content (AvgIpc) is 2.71. The molecule has 0 radical (unpaired) electrons. The molecule has 0 bridgehead atoms. The van der Waals surface area contributed by atoms with Crippen LogP contribution >= 0.6 is 0 Å². The number of rotatable bonds is 4. The number of aryl methyl sites for hydroxylation is 1. The van der Waals surface area contributed by atoms with Crippen LogP contribution in [0.2, 0.25) is 0 Å². The molecule has 0 fully saturated rings. The maximum Gasteiger partial charge on any atom is 0.276 e. The van der Waals surface area contributed by atoms with E-state index in [4.69, 9.17) is 0 Å². The Balaban J connectivity index is 1.63. The Bertz CT molecular complexity index is 1000. The second-order valence-electron chi connectivity index (χ2n) is 6.88. The van der Waals surface area contributed by atoms with Crippen molar-refractivity contribution in [3.63, 3.8) is 0 Å². The number of amides is 2. The van der Waals surface area contributed by atoms with Crippen LogP contribution in [0.15, 0.2) is 78.9 Å². The number of nitrogens with one attached hydrogen (secondary N) is 2. The molecule has 0 saturated heterocycles. The second kappa shape index (κ2) is 7.56. The molecule has 0 saturated carbocycles. The van der Waals surface area contributed by atoms with E-state index in [1.165, 1.54) is 5.01 Å². The highest BCUT2D eigenvalue weighted by molar-refractivity contribution is 6.02. The third-order valence-electron chi connectivity index (χ3n) is 4.77. The van der Waals surface area contributed by atoms with Crippen molar-refractivity contribution >= 4 is 17.5 Å². The first kappa shape index (κ1) is 17.8. The maximum atomic E-state index is 13.1. The quantitative estimate of drug-likeness (QED) is 0.733. The van der Waals surface area contributed by atoms with Gasteiger partial charge < -0.3 is 5.32 Å². The summed E-state index contributed by atoms with van der Waals surface area (Å²) in [5, 5.41) is 4.76. The fourth-order valence-corrected chi connectivity index (χ4v) is 3.31. The molecule has 28 heavy (non-hydrogen) atoms. The molecule has 1 atom stereocenters. The Morgan fingerprint density at radius 1 is 0.964 bits per heavy atom. The molecule has 4 rings (SSSR count). The van der Waals surface area contributed by atoms with E-state index in [9.17, 15) is 9.59 Å². The number of carbonyl (C=O) groups excluding carboxylic acids is 2. The largest absolute Gasteiger partial charge is 0.359 e. The Kier molecular flexibility index (Phi) is 4.81. The molecule has 2 N–H and O–H groups in total. The number of carbonyl (C=O) groups is 2. The predicted octanol–water partition coefficient (Wildman–Crippen LogP) is 3.84. The van der Waals surface area contributed by atoms with Gasteiger partial charge in [0.1, 0.15) is 6.17 Å². The Labute approximate surface area is 164 Å². The smallest absolute Gasteiger partial charge is 0.276 e. The topological polar surface area (TPSA) is 61.4 Å². The van der Waals surface area contributed by atoms with Crippen molar-refractivity contribution < 1.29 is 9.59 Å². The van der Waals surface area contributed by atoms with E-state index in [-0.39, 0.29) is 18.2 Å². The number of hydrogen-bond donors (Lipinski definition) is 2. The van der Waals surface area contributed by atoms with Gasteiger partial charge in [0, 0.05) is 5.69 Å². The van der Waals surface area contributed by atoms with Gasteiger partial charge in [0.25, 0.3) is 5.91 Å². The molecule has 140 valence electrons. The van der Waals surface area contributed by atoms with Crippen molar-refractivity contribution in [1.82, 2.24) is 10.4 Å². The molecule has 5 heteroatoms. The summed E-state index contributed by atoms with van der Waals surface area (Å²) in [5.41, 5.74) is 7.01. The zero-order chi connectivity index (χ0) is 19.5. The van der Waals surface area contributed by atoms with Crippen molar-refractivity contribution in [2.75, 3.05) is 5.32 Å². The minimum atomic E-state index is -0.484. The van der Waals surface area contributed by atoms with Crippen LogP contribution in [0, 0.1) is 6.92 Å². The van der Waals surface area contributed by atoms with Crippen LogP contribution in [0.1, 0.15) is 33.2 Å². The molecular formula is C23H21N3O2. The first-order valence-electron chi connectivity index (χ1n) is 9.21. The lowest BCUT2D eigenvalue weighted by Crippen LogP contribution is -2.53. The summed E-state index contributed by atoms with van der Waals surface area (Å²) >= 11 is 0. The molecule has 1 unspecified atom stereocenters. The number of benzene rings is 3. The van der Waals surface area contributed by atoms with Gasteiger partial charge in [-0.1, -0.05) is 72.3 Å². The van der Waals surface area contributed by atoms with Gasteiger partial charge >= 0.3 is 0 Å². The summed E-state index contributed by atoms with van der Waals surface area (Å²) in [5.74, 6) is -0.473. The second-order valence-corrected chi connectivity index (χ2v) is 6.88. The first-order chi connectivity index (χ1) is 13.6. The Morgan fingerprint density at radius 2 is 1.64 bits per heavy atom. The standard InChI is InChI=1S/C23H21N3O2/c1-16-11-13-18(14-12-16)22-24-20-10-6-5-9-19(20)23(28)26(22)25-21(27)15-17-7-3-2-4-8-17/h2-14,22,24H,15H2,1H3,(H,25,27). The molecular weight excluding hydrogens is 350 g/mol. The van der Waals surface area contributed by atoms with Crippen LogP contribution in [0.5, 0.6) is 0 Å². The van der Waals surface area contributed by atoms with Crippen molar-refractivity contribution in [3.8, 4) is 0 Å². The third-order valence-corrected chi connectivity index (χ3v) is 4.77. The predicted molar refractivity (Wildman–Crippen MR) is 108 cm³/mol. The summed E-state index contributed by atoms with van der Waals surface area (Å²) in [7, 11) is 0. The number of hydrazine groups is 1. The van der Waals surface area contributed by atoms with Crippen molar-refractivity contribution in [3.05, 3.63) is 101 Å². The monoisotopic (exact) mass is 371 g/mol. The van der Waals surface area contributed by atoms with Gasteiger partial charge in [-0.2, -0.15) is 0 Å². The van der Waals surface area contributed by atoms with E-state index in [2.05, 4.69) is 10.7 Å². The fraction of sp³-hybridized carbons (Fsp3) is 0.130. The van der Waals surface area contributed by atoms with Crippen LogP contribution in [-0.4, -0.2) is 16.8 Å². The normalized spacial score (nSPS) is 15.5. The molecule has 0 spiro atoms. The highest BCUT2D eigenvalue weighted by Gasteiger charge is 2.34. The van der Waals surface area contributed by atoms with E-state index < -0.39 is 6.17 Å². The lowest BCUT2D eigenvalue weighted by molar-refractivity contribution is -0.125. The van der Waals surface area contributed by atoms with Crippen molar-refractivity contribution in [2.24, 2.45) is 0 Å². The van der Waals surface area contributed by atoms with Crippen LogP contribution < -0.4 is 10.7 Å². The first-order valence-corrected chi connectivity index (χ1v) is 9.21. The summed E-state index contributed by atoms with van der Waals surface area (Å²) in [6.45, 7) is 2.01. The highest BCUT2D eigenvalue weighted by Crippen LogP contribution is 2.31. The summed E-state index contributed by atoms with van der Waals surface area (Å²) in [4.78, 5) is 25.8. The van der Waals surface area contributed by atoms with Crippen LogP contribution in [-0.2, 0) is 11.2 Å². The molecule has 3 aromatic rings. The molecule has 5 nitrogen and oxygen atoms in total. The zero-order valence-corrected chi connectivity index (χ0v) is 15.6. The third kappa shape index (κ3) is 3.60. The van der Waals surface area contributed by atoms with E-state index in [0.29, 0.717) is 5.56 Å². The van der Waals surface area contributed by atoms with Crippen LogP contribution in [0.4, 0.5) is 5.69 Å². The number of hydrogen-bond acceptors (Lipinski definition) is 3. The Morgan fingerprint density at radius 3 is 2.39 bits per heavy atom. The van der Waals surface area contributed by atoms with Gasteiger partial charge in [-0.05, 0) is 30.2 Å². The van der Waals surface area contributed by atoms with Gasteiger partial charge in [-0.3, -0.25) is 15.0 Å². The highest BCUT2D eigenvalue weighted by atomic mass is 16.2. The number of anilines is 1. The molecule has 0 aliphatic carbocycles. The van der Waals surface area contributed by atoms with Crippen molar-refractivity contribution in [1.29, 1.82) is 0 Å². The molecule has 1 heterocycles. The van der Waals surface area contributed by atoms with Crippen LogP contribution in [0.3, 0.4) is 0 Å². The molecule has 3 aromatic carbocycles. The van der Waals surface area contributed by atoms with Gasteiger partial charge in [0.05, 0.1) is 12.0 Å². The average molecular weight is 371 g/mol. The van der Waals surface area contributed by atoms with Crippen molar-refractivity contribution in [2.45, 2.75) is 19.5 Å². The fourth-order valence-electron chi connectivity index (χ4n) is 3.31. The zero-order valence-electron chi connectivity index (χ0n) is 15.6. The number of fused-ring (bicyclic) bond motifs is 1. The van der Waals surface area contributed by atoms with E-state index in [1.54, 1.807) is 6.07 Å². The van der Waals surface area contributed by atoms with Crippen LogP contribution in [0.25, 0.3) is 0 Å². The lowest BCUT2D eigenvalue weighted by Gasteiger charge is -2.37. The van der Waals surface area contributed by atoms with Gasteiger partial charge in [0.2, 0.25) is 5.91 Å². The summed E-state index contributed by atoms with van der Waals surface area (Å²) in [6, 6.07) is 24.7. The lowest BCUT2D eigenvalue weighted by atomic mass is 10.0. The minimum Gasteiger partial charge on any atom is -0.359 e. The van der Waals surface area contributed by atoms with E-state index in [1.807, 2.05) is 79.7 Å². The summed E-state index contributed by atoms with van der Waals surface area (Å²) < 4.78 is 0. The van der Waals surface area contributed by atoms with Gasteiger partial charge in [0.15, 0.2) is 0 Å². The van der Waals surface area contributed by atoms with E-state index >= 15 is 0 Å². The van der Waals surface area contributed by atoms with Gasteiger partial charge in [-0.15, -0.1) is 0 Å². The van der Waals surface area contributed by atoms with E-state index in [0.717, 1.165) is 22.4 Å². The number of para-hydroxylation sites is 1. The molecule has 1 aliphatic heterocycles. The minimum absolute atomic E-state index is 0.201. The van der Waals surface area contributed by atoms with Gasteiger partial charge in [-0.25, -0.2) is 5.01 Å². The number of nitrogens with zero attached hydrogens (tertiary/aromatic N) is 1. The maximum absolute atomic E-state index is 13.1. The SMILES string of the molecule is Cc1ccc(C2Nc3ccccc3C(=O)N2NC(=O)Cc2ccccc2)cc1. The summed E-state index contributed by atoms with van der Waals surface area (Å²) in [6.07, 6.45) is -0.282. The molecule has 2 amide bonds. The molecule has 1 aliphatic rings. The Hall–Kier alpha value is -3.60.